The van der Waals surface area contributed by atoms with Gasteiger partial charge >= 0.3 is 5.97 Å². The van der Waals surface area contributed by atoms with E-state index in [4.69, 9.17) is 4.74 Å². The third-order valence-electron chi connectivity index (χ3n) is 3.34. The van der Waals surface area contributed by atoms with Crippen molar-refractivity contribution in [1.82, 2.24) is 5.32 Å². The van der Waals surface area contributed by atoms with Crippen molar-refractivity contribution in [2.45, 2.75) is 58.2 Å². The van der Waals surface area contributed by atoms with Crippen LogP contribution in [0.5, 0.6) is 0 Å². The highest BCUT2D eigenvalue weighted by atomic mass is 16.5. The van der Waals surface area contributed by atoms with Crippen molar-refractivity contribution in [3.63, 3.8) is 0 Å². The number of aliphatic hydroxyl groups excluding tert-OH is 1. The van der Waals surface area contributed by atoms with Gasteiger partial charge in [0.2, 0.25) is 0 Å². The lowest BCUT2D eigenvalue weighted by Crippen LogP contribution is -2.47. The molecule has 0 heterocycles. The third-order valence-corrected chi connectivity index (χ3v) is 3.34. The standard InChI is InChI=1S/C17H27NO3/c1-6-12-7-9-13(10-8-12)16(20)14(11-15(19)21-5)18-17(2,3)4/h7-10,14,16,18,20H,6,11H2,1-5H3. The van der Waals surface area contributed by atoms with Crippen molar-refractivity contribution in [3.05, 3.63) is 35.4 Å². The fourth-order valence-electron chi connectivity index (χ4n) is 2.24. The molecule has 0 aliphatic carbocycles. The lowest BCUT2D eigenvalue weighted by Gasteiger charge is -2.31. The number of hydrogen-bond acceptors (Lipinski definition) is 4. The van der Waals surface area contributed by atoms with E-state index >= 15 is 0 Å². The summed E-state index contributed by atoms with van der Waals surface area (Å²) >= 11 is 0. The summed E-state index contributed by atoms with van der Waals surface area (Å²) in [6.07, 6.45) is 0.335. The predicted octanol–water partition coefficient (Wildman–Crippen LogP) is 2.60. The molecule has 0 radical (unpaired) electrons. The van der Waals surface area contributed by atoms with E-state index in [0.29, 0.717) is 0 Å². The second kappa shape index (κ2) is 7.57. The van der Waals surface area contributed by atoms with Crippen LogP contribution in [0.3, 0.4) is 0 Å². The number of methoxy groups -OCH3 is 1. The summed E-state index contributed by atoms with van der Waals surface area (Å²) in [5.41, 5.74) is 1.82. The Kier molecular flexibility index (Phi) is 6.37. The first kappa shape index (κ1) is 17.7. The van der Waals surface area contributed by atoms with Gasteiger partial charge in [0.15, 0.2) is 0 Å². The van der Waals surface area contributed by atoms with Crippen molar-refractivity contribution >= 4 is 5.97 Å². The van der Waals surface area contributed by atoms with Gasteiger partial charge in [-0.15, -0.1) is 0 Å². The lowest BCUT2D eigenvalue weighted by molar-refractivity contribution is -0.142. The first-order valence-corrected chi connectivity index (χ1v) is 7.38. The molecular formula is C17H27NO3. The number of hydrogen-bond donors (Lipinski definition) is 2. The van der Waals surface area contributed by atoms with Crippen LogP contribution < -0.4 is 5.32 Å². The summed E-state index contributed by atoms with van der Waals surface area (Å²) in [6.45, 7) is 8.10. The zero-order valence-corrected chi connectivity index (χ0v) is 13.6. The molecular weight excluding hydrogens is 266 g/mol. The molecule has 2 unspecified atom stereocenters. The Morgan fingerprint density at radius 3 is 2.29 bits per heavy atom. The molecule has 0 aromatic heterocycles. The molecule has 1 rings (SSSR count). The number of benzene rings is 1. The minimum atomic E-state index is -0.755. The SMILES string of the molecule is CCc1ccc(C(O)C(CC(=O)OC)NC(C)(C)C)cc1. The van der Waals surface area contributed by atoms with Crippen LogP contribution in [0.15, 0.2) is 24.3 Å². The van der Waals surface area contributed by atoms with Gasteiger partial charge in [0.25, 0.3) is 0 Å². The van der Waals surface area contributed by atoms with Crippen LogP contribution in [0.4, 0.5) is 0 Å². The van der Waals surface area contributed by atoms with Gasteiger partial charge in [0, 0.05) is 11.6 Å². The van der Waals surface area contributed by atoms with Crippen LogP contribution in [0.1, 0.15) is 51.3 Å². The quantitative estimate of drug-likeness (QED) is 0.792. The predicted molar refractivity (Wildman–Crippen MR) is 84.1 cm³/mol. The molecule has 0 aliphatic heterocycles. The van der Waals surface area contributed by atoms with Gasteiger partial charge in [-0.1, -0.05) is 31.2 Å². The summed E-state index contributed by atoms with van der Waals surface area (Å²) in [7, 11) is 1.36. The molecule has 0 spiro atoms. The van der Waals surface area contributed by atoms with E-state index in [1.807, 2.05) is 45.0 Å². The molecule has 2 N–H and O–H groups in total. The number of aryl methyl sites for hydroxylation is 1. The molecule has 0 fully saturated rings. The van der Waals surface area contributed by atoms with Crippen LogP contribution >= 0.6 is 0 Å². The fraction of sp³-hybridized carbons (Fsp3) is 0.588. The molecule has 0 saturated heterocycles. The number of aliphatic hydroxyl groups is 1. The smallest absolute Gasteiger partial charge is 0.307 e. The molecule has 0 saturated carbocycles. The molecule has 2 atom stereocenters. The van der Waals surface area contributed by atoms with E-state index in [1.54, 1.807) is 0 Å². The second-order valence-electron chi connectivity index (χ2n) is 6.32. The summed E-state index contributed by atoms with van der Waals surface area (Å²) in [4.78, 5) is 11.6. The Bertz CT molecular complexity index is 448. The van der Waals surface area contributed by atoms with Gasteiger partial charge in [-0.3, -0.25) is 4.79 Å². The normalized spacial score (nSPS) is 14.6. The second-order valence-corrected chi connectivity index (χ2v) is 6.32. The highest BCUT2D eigenvalue weighted by Crippen LogP contribution is 2.22. The van der Waals surface area contributed by atoms with Gasteiger partial charge in [-0.05, 0) is 38.3 Å². The zero-order chi connectivity index (χ0) is 16.0. The van der Waals surface area contributed by atoms with Crippen molar-refractivity contribution < 1.29 is 14.6 Å². The van der Waals surface area contributed by atoms with Gasteiger partial charge in [0.1, 0.15) is 0 Å². The van der Waals surface area contributed by atoms with E-state index in [2.05, 4.69) is 12.2 Å². The minimum Gasteiger partial charge on any atom is -0.469 e. The van der Waals surface area contributed by atoms with Crippen molar-refractivity contribution in [2.24, 2.45) is 0 Å². The van der Waals surface area contributed by atoms with Gasteiger partial charge in [0.05, 0.1) is 19.6 Å². The molecule has 0 aliphatic rings. The van der Waals surface area contributed by atoms with Gasteiger partial charge in [-0.2, -0.15) is 0 Å². The lowest BCUT2D eigenvalue weighted by atomic mass is 9.95. The number of rotatable bonds is 6. The average molecular weight is 293 g/mol. The van der Waals surface area contributed by atoms with E-state index in [0.717, 1.165) is 12.0 Å². The summed E-state index contributed by atoms with van der Waals surface area (Å²) in [5.74, 6) is -0.332. The maximum Gasteiger partial charge on any atom is 0.307 e. The molecule has 0 amide bonds. The van der Waals surface area contributed by atoms with Gasteiger partial charge in [-0.25, -0.2) is 0 Å². The summed E-state index contributed by atoms with van der Waals surface area (Å²) in [6, 6.07) is 7.45. The fourth-order valence-corrected chi connectivity index (χ4v) is 2.24. The Balaban J connectivity index is 2.91. The maximum absolute atomic E-state index is 11.6. The van der Waals surface area contributed by atoms with E-state index < -0.39 is 6.10 Å². The number of nitrogens with one attached hydrogen (secondary N) is 1. The van der Waals surface area contributed by atoms with Crippen LogP contribution in [0.2, 0.25) is 0 Å². The van der Waals surface area contributed by atoms with E-state index in [9.17, 15) is 9.90 Å². The summed E-state index contributed by atoms with van der Waals surface area (Å²) < 4.78 is 4.73. The van der Waals surface area contributed by atoms with Crippen molar-refractivity contribution in [3.8, 4) is 0 Å². The molecule has 0 bridgehead atoms. The molecule has 118 valence electrons. The number of carbonyl (C=O) groups is 1. The van der Waals surface area contributed by atoms with Crippen molar-refractivity contribution in [2.75, 3.05) is 7.11 Å². The van der Waals surface area contributed by atoms with Crippen molar-refractivity contribution in [1.29, 1.82) is 0 Å². The van der Waals surface area contributed by atoms with Crippen LogP contribution in [-0.2, 0) is 16.0 Å². The topological polar surface area (TPSA) is 58.6 Å². The molecule has 1 aromatic rings. The van der Waals surface area contributed by atoms with Crippen LogP contribution in [0.25, 0.3) is 0 Å². The van der Waals surface area contributed by atoms with E-state index in [1.165, 1.54) is 12.7 Å². The first-order chi connectivity index (χ1) is 9.76. The Morgan fingerprint density at radius 1 is 1.29 bits per heavy atom. The number of esters is 1. The molecule has 4 nitrogen and oxygen atoms in total. The summed E-state index contributed by atoms with van der Waals surface area (Å²) in [5, 5.41) is 13.9. The maximum atomic E-state index is 11.6. The van der Waals surface area contributed by atoms with Crippen LogP contribution in [0, 0.1) is 0 Å². The average Bonchev–Trinajstić information content (AvgIpc) is 2.44. The molecule has 21 heavy (non-hydrogen) atoms. The Hall–Kier alpha value is -1.39. The number of carbonyl (C=O) groups excluding carboxylic acids is 1. The monoisotopic (exact) mass is 293 g/mol. The first-order valence-electron chi connectivity index (χ1n) is 7.38. The highest BCUT2D eigenvalue weighted by Gasteiger charge is 2.27. The Labute approximate surface area is 127 Å². The highest BCUT2D eigenvalue weighted by molar-refractivity contribution is 5.70. The third kappa shape index (κ3) is 5.86. The van der Waals surface area contributed by atoms with E-state index in [-0.39, 0.29) is 24.0 Å². The van der Waals surface area contributed by atoms with Crippen LogP contribution in [-0.4, -0.2) is 29.8 Å². The largest absolute Gasteiger partial charge is 0.469 e. The number of ether oxygens (including phenoxy) is 1. The van der Waals surface area contributed by atoms with Gasteiger partial charge < -0.3 is 15.2 Å². The Morgan fingerprint density at radius 2 is 1.86 bits per heavy atom. The molecule has 4 heteroatoms. The minimum absolute atomic E-state index is 0.129. The zero-order valence-electron chi connectivity index (χ0n) is 13.6. The molecule has 1 aromatic carbocycles.